The maximum atomic E-state index is 5.92. The molecule has 6 heteroatoms. The molecule has 0 fully saturated rings. The standard InChI is InChI=1S/C10H16Cl2N4/c1-4-10(5-2,6-3)14-8-7(11)15-16-9(12)13-8/h4-6H2,1-3H3,(H,13,14,16). The van der Waals surface area contributed by atoms with E-state index in [1.54, 1.807) is 0 Å². The summed E-state index contributed by atoms with van der Waals surface area (Å²) >= 11 is 11.6. The molecule has 0 radical (unpaired) electrons. The van der Waals surface area contributed by atoms with Gasteiger partial charge in [-0.2, -0.15) is 4.98 Å². The van der Waals surface area contributed by atoms with Gasteiger partial charge in [-0.25, -0.2) is 0 Å². The molecule has 1 aromatic heterocycles. The van der Waals surface area contributed by atoms with E-state index in [2.05, 4.69) is 41.3 Å². The van der Waals surface area contributed by atoms with Gasteiger partial charge in [-0.1, -0.05) is 32.4 Å². The van der Waals surface area contributed by atoms with E-state index in [-0.39, 0.29) is 16.0 Å². The Morgan fingerprint density at radius 1 is 1.06 bits per heavy atom. The lowest BCUT2D eigenvalue weighted by atomic mass is 9.90. The minimum atomic E-state index is -0.0109. The Bertz CT molecular complexity index is 344. The molecule has 0 aromatic carbocycles. The number of nitrogens with one attached hydrogen (secondary N) is 1. The summed E-state index contributed by atoms with van der Waals surface area (Å²) in [4.78, 5) is 4.05. The zero-order valence-corrected chi connectivity index (χ0v) is 11.2. The third kappa shape index (κ3) is 2.95. The number of hydrogen-bond donors (Lipinski definition) is 1. The second-order valence-corrected chi connectivity index (χ2v) is 4.38. The monoisotopic (exact) mass is 262 g/mol. The molecule has 16 heavy (non-hydrogen) atoms. The fraction of sp³-hybridized carbons (Fsp3) is 0.700. The van der Waals surface area contributed by atoms with Crippen LogP contribution >= 0.6 is 23.2 Å². The Kier molecular flexibility index (Phi) is 4.74. The normalized spacial score (nSPS) is 11.6. The molecule has 4 nitrogen and oxygen atoms in total. The highest BCUT2D eigenvalue weighted by atomic mass is 35.5. The minimum absolute atomic E-state index is 0.0109. The summed E-state index contributed by atoms with van der Waals surface area (Å²) < 4.78 is 0. The molecular weight excluding hydrogens is 247 g/mol. The molecular formula is C10H16Cl2N4. The Hall–Kier alpha value is -0.610. The van der Waals surface area contributed by atoms with Crippen LogP contribution in [0.25, 0.3) is 0 Å². The van der Waals surface area contributed by atoms with E-state index in [0.29, 0.717) is 5.82 Å². The molecule has 0 saturated carbocycles. The first kappa shape index (κ1) is 13.5. The van der Waals surface area contributed by atoms with Gasteiger partial charge in [-0.05, 0) is 30.9 Å². The average molecular weight is 263 g/mol. The van der Waals surface area contributed by atoms with Crippen LogP contribution in [-0.2, 0) is 0 Å². The Morgan fingerprint density at radius 3 is 2.12 bits per heavy atom. The minimum Gasteiger partial charge on any atom is -0.362 e. The third-order valence-electron chi connectivity index (χ3n) is 3.03. The molecule has 0 amide bonds. The van der Waals surface area contributed by atoms with Crippen molar-refractivity contribution in [2.45, 2.75) is 45.6 Å². The highest BCUT2D eigenvalue weighted by Crippen LogP contribution is 2.27. The van der Waals surface area contributed by atoms with Gasteiger partial charge in [0, 0.05) is 5.54 Å². The summed E-state index contributed by atoms with van der Waals surface area (Å²) in [6, 6.07) is 0. The van der Waals surface area contributed by atoms with Gasteiger partial charge in [0.15, 0.2) is 11.0 Å². The average Bonchev–Trinajstić information content (AvgIpc) is 2.31. The van der Waals surface area contributed by atoms with E-state index < -0.39 is 0 Å². The highest BCUT2D eigenvalue weighted by Gasteiger charge is 2.25. The summed E-state index contributed by atoms with van der Waals surface area (Å²) in [5, 5.41) is 11.0. The predicted molar refractivity (Wildman–Crippen MR) is 67.1 cm³/mol. The molecule has 0 spiro atoms. The van der Waals surface area contributed by atoms with Crippen LogP contribution in [0.1, 0.15) is 40.0 Å². The van der Waals surface area contributed by atoms with Crippen molar-refractivity contribution in [1.29, 1.82) is 0 Å². The third-order valence-corrected chi connectivity index (χ3v) is 3.45. The molecule has 1 N–H and O–H groups in total. The molecule has 0 aliphatic carbocycles. The molecule has 0 aliphatic heterocycles. The van der Waals surface area contributed by atoms with Gasteiger partial charge >= 0.3 is 0 Å². The van der Waals surface area contributed by atoms with Crippen LogP contribution in [-0.4, -0.2) is 20.7 Å². The van der Waals surface area contributed by atoms with Crippen LogP contribution in [0.15, 0.2) is 0 Å². The number of nitrogens with zero attached hydrogens (tertiary/aromatic N) is 3. The summed E-state index contributed by atoms with van der Waals surface area (Å²) in [5.41, 5.74) is -0.0109. The Morgan fingerprint density at radius 2 is 1.62 bits per heavy atom. The van der Waals surface area contributed by atoms with Crippen molar-refractivity contribution in [3.05, 3.63) is 10.4 Å². The summed E-state index contributed by atoms with van der Waals surface area (Å²) in [6.45, 7) is 6.39. The van der Waals surface area contributed by atoms with Crippen LogP contribution in [0, 0.1) is 0 Å². The van der Waals surface area contributed by atoms with Gasteiger partial charge in [-0.3, -0.25) is 0 Å². The van der Waals surface area contributed by atoms with Gasteiger partial charge in [-0.15, -0.1) is 10.2 Å². The Balaban J connectivity index is 2.97. The number of hydrogen-bond acceptors (Lipinski definition) is 4. The zero-order valence-electron chi connectivity index (χ0n) is 9.72. The summed E-state index contributed by atoms with van der Waals surface area (Å²) in [6.07, 6.45) is 2.95. The first-order chi connectivity index (χ1) is 7.56. The lowest BCUT2D eigenvalue weighted by molar-refractivity contribution is 0.418. The van der Waals surface area contributed by atoms with Gasteiger partial charge in [0.1, 0.15) is 0 Å². The molecule has 1 heterocycles. The van der Waals surface area contributed by atoms with E-state index >= 15 is 0 Å². The quantitative estimate of drug-likeness (QED) is 0.882. The maximum absolute atomic E-state index is 5.92. The lowest BCUT2D eigenvalue weighted by Gasteiger charge is -2.32. The molecule has 0 aliphatic rings. The van der Waals surface area contributed by atoms with Crippen molar-refractivity contribution < 1.29 is 0 Å². The number of anilines is 1. The van der Waals surface area contributed by atoms with E-state index in [1.807, 2.05) is 0 Å². The molecule has 0 atom stereocenters. The van der Waals surface area contributed by atoms with Crippen LogP contribution in [0.3, 0.4) is 0 Å². The molecule has 0 saturated heterocycles. The van der Waals surface area contributed by atoms with Crippen LogP contribution in [0.5, 0.6) is 0 Å². The van der Waals surface area contributed by atoms with Gasteiger partial charge in [0.2, 0.25) is 5.28 Å². The summed E-state index contributed by atoms with van der Waals surface area (Å²) in [5.74, 6) is 0.507. The molecule has 0 unspecified atom stereocenters. The Labute approximate surface area is 106 Å². The number of aromatic nitrogens is 3. The number of halogens is 2. The topological polar surface area (TPSA) is 50.7 Å². The second kappa shape index (κ2) is 5.64. The van der Waals surface area contributed by atoms with Crippen molar-refractivity contribution in [2.24, 2.45) is 0 Å². The molecule has 0 bridgehead atoms. The molecule has 1 rings (SSSR count). The predicted octanol–water partition coefficient (Wildman–Crippen LogP) is 3.56. The maximum Gasteiger partial charge on any atom is 0.245 e. The first-order valence-electron chi connectivity index (χ1n) is 5.40. The fourth-order valence-electron chi connectivity index (χ4n) is 1.64. The lowest BCUT2D eigenvalue weighted by Crippen LogP contribution is -2.36. The van der Waals surface area contributed by atoms with Crippen molar-refractivity contribution in [3.8, 4) is 0 Å². The van der Waals surface area contributed by atoms with Gasteiger partial charge in [0.25, 0.3) is 0 Å². The molecule has 1 aromatic rings. The summed E-state index contributed by atoms with van der Waals surface area (Å²) in [7, 11) is 0. The fourth-order valence-corrected chi connectivity index (χ4v) is 1.89. The van der Waals surface area contributed by atoms with E-state index in [9.17, 15) is 0 Å². The van der Waals surface area contributed by atoms with Crippen molar-refractivity contribution in [3.63, 3.8) is 0 Å². The van der Waals surface area contributed by atoms with Crippen molar-refractivity contribution >= 4 is 29.0 Å². The van der Waals surface area contributed by atoms with Crippen molar-refractivity contribution in [1.82, 2.24) is 15.2 Å². The zero-order chi connectivity index (χ0) is 12.2. The van der Waals surface area contributed by atoms with E-state index in [4.69, 9.17) is 23.2 Å². The molecule has 90 valence electrons. The second-order valence-electron chi connectivity index (χ2n) is 3.69. The largest absolute Gasteiger partial charge is 0.362 e. The van der Waals surface area contributed by atoms with Gasteiger partial charge < -0.3 is 5.32 Å². The van der Waals surface area contributed by atoms with Crippen molar-refractivity contribution in [2.75, 3.05) is 5.32 Å². The van der Waals surface area contributed by atoms with E-state index in [0.717, 1.165) is 19.3 Å². The van der Waals surface area contributed by atoms with Gasteiger partial charge in [0.05, 0.1) is 0 Å². The first-order valence-corrected chi connectivity index (χ1v) is 6.16. The highest BCUT2D eigenvalue weighted by molar-refractivity contribution is 6.32. The van der Waals surface area contributed by atoms with Crippen LogP contribution in [0.4, 0.5) is 5.82 Å². The van der Waals surface area contributed by atoms with Crippen LogP contribution < -0.4 is 5.32 Å². The van der Waals surface area contributed by atoms with E-state index in [1.165, 1.54) is 0 Å². The van der Waals surface area contributed by atoms with Crippen LogP contribution in [0.2, 0.25) is 10.4 Å². The SMILES string of the molecule is CCC(CC)(CC)Nc1nc(Cl)nnc1Cl. The number of rotatable bonds is 5. The smallest absolute Gasteiger partial charge is 0.245 e.